The quantitative estimate of drug-likeness (QED) is 0.711. The van der Waals surface area contributed by atoms with Crippen LogP contribution in [-0.4, -0.2) is 39.5 Å². The lowest BCUT2D eigenvalue weighted by Crippen LogP contribution is -2.31. The standard InChI is InChI=1S/C14H24ClN3O2S/c1-11(2)18(3)8-4-7-17-21(19,20)13-6-5-12(10-16)14(15)9-13/h5-6,9,11,17H,4,7-8,10,16H2,1-3H3. The van der Waals surface area contributed by atoms with Crippen LogP contribution in [0.2, 0.25) is 5.02 Å². The average molecular weight is 334 g/mol. The van der Waals surface area contributed by atoms with Gasteiger partial charge in [-0.15, -0.1) is 0 Å². The highest BCUT2D eigenvalue weighted by Gasteiger charge is 2.15. The van der Waals surface area contributed by atoms with E-state index in [9.17, 15) is 8.42 Å². The van der Waals surface area contributed by atoms with Crippen LogP contribution in [0.1, 0.15) is 25.8 Å². The number of nitrogens with two attached hydrogens (primary N) is 1. The van der Waals surface area contributed by atoms with Crippen molar-refractivity contribution in [3.63, 3.8) is 0 Å². The third kappa shape index (κ3) is 5.56. The Balaban J connectivity index is 2.60. The van der Waals surface area contributed by atoms with E-state index in [1.165, 1.54) is 12.1 Å². The Hall–Kier alpha value is -0.660. The maximum Gasteiger partial charge on any atom is 0.240 e. The van der Waals surface area contributed by atoms with Crippen molar-refractivity contribution in [1.82, 2.24) is 9.62 Å². The molecule has 1 rings (SSSR count). The summed E-state index contributed by atoms with van der Waals surface area (Å²) in [5.74, 6) is 0. The maximum absolute atomic E-state index is 12.1. The predicted molar refractivity (Wildman–Crippen MR) is 86.9 cm³/mol. The molecule has 0 unspecified atom stereocenters. The van der Waals surface area contributed by atoms with Crippen molar-refractivity contribution in [3.05, 3.63) is 28.8 Å². The molecule has 0 spiro atoms. The fourth-order valence-corrected chi connectivity index (χ4v) is 3.16. The minimum Gasteiger partial charge on any atom is -0.326 e. The molecule has 120 valence electrons. The Morgan fingerprint density at radius 1 is 1.38 bits per heavy atom. The highest BCUT2D eigenvalue weighted by atomic mass is 35.5. The molecular formula is C14H24ClN3O2S. The number of nitrogens with zero attached hydrogens (tertiary/aromatic N) is 1. The number of sulfonamides is 1. The molecule has 0 aliphatic rings. The molecule has 0 fully saturated rings. The van der Waals surface area contributed by atoms with Gasteiger partial charge in [0.1, 0.15) is 0 Å². The van der Waals surface area contributed by atoms with Crippen molar-refractivity contribution >= 4 is 21.6 Å². The van der Waals surface area contributed by atoms with E-state index in [-0.39, 0.29) is 11.4 Å². The Kier molecular flexibility index (Phi) is 7.09. The van der Waals surface area contributed by atoms with Gasteiger partial charge in [-0.05, 0) is 51.6 Å². The lowest BCUT2D eigenvalue weighted by Gasteiger charge is -2.20. The summed E-state index contributed by atoms with van der Waals surface area (Å²) in [5.41, 5.74) is 6.24. The molecular weight excluding hydrogens is 310 g/mol. The van der Waals surface area contributed by atoms with Crippen molar-refractivity contribution in [2.45, 2.75) is 37.8 Å². The molecule has 0 bridgehead atoms. The molecule has 0 aliphatic heterocycles. The zero-order chi connectivity index (χ0) is 16.0. The number of benzene rings is 1. The Morgan fingerprint density at radius 3 is 2.57 bits per heavy atom. The van der Waals surface area contributed by atoms with E-state index in [1.807, 2.05) is 7.05 Å². The summed E-state index contributed by atoms with van der Waals surface area (Å²) in [5, 5.41) is 0.375. The van der Waals surface area contributed by atoms with Gasteiger partial charge in [0.25, 0.3) is 0 Å². The molecule has 0 saturated heterocycles. The van der Waals surface area contributed by atoms with Gasteiger partial charge in [-0.3, -0.25) is 0 Å². The van der Waals surface area contributed by atoms with E-state index < -0.39 is 10.0 Å². The van der Waals surface area contributed by atoms with Gasteiger partial charge >= 0.3 is 0 Å². The highest BCUT2D eigenvalue weighted by Crippen LogP contribution is 2.20. The lowest BCUT2D eigenvalue weighted by atomic mass is 10.2. The summed E-state index contributed by atoms with van der Waals surface area (Å²) in [6, 6.07) is 5.05. The highest BCUT2D eigenvalue weighted by molar-refractivity contribution is 7.89. The number of halogens is 1. The summed E-state index contributed by atoms with van der Waals surface area (Å²) < 4.78 is 26.9. The van der Waals surface area contributed by atoms with Gasteiger partial charge < -0.3 is 10.6 Å². The zero-order valence-corrected chi connectivity index (χ0v) is 14.3. The van der Waals surface area contributed by atoms with Gasteiger partial charge in [0.2, 0.25) is 10.0 Å². The maximum atomic E-state index is 12.1. The van der Waals surface area contributed by atoms with Crippen LogP contribution in [0.25, 0.3) is 0 Å². The van der Waals surface area contributed by atoms with Crippen molar-refractivity contribution in [2.75, 3.05) is 20.1 Å². The summed E-state index contributed by atoms with van der Waals surface area (Å²) in [6.45, 7) is 5.73. The second kappa shape index (κ2) is 8.10. The minimum atomic E-state index is -3.52. The molecule has 0 radical (unpaired) electrons. The molecule has 1 aromatic rings. The van der Waals surface area contributed by atoms with Gasteiger partial charge in [-0.1, -0.05) is 17.7 Å². The van der Waals surface area contributed by atoms with E-state index in [4.69, 9.17) is 17.3 Å². The number of rotatable bonds is 8. The van der Waals surface area contributed by atoms with Crippen LogP contribution >= 0.6 is 11.6 Å². The molecule has 0 atom stereocenters. The van der Waals surface area contributed by atoms with Gasteiger partial charge in [-0.2, -0.15) is 0 Å². The molecule has 0 amide bonds. The summed E-state index contributed by atoms with van der Waals surface area (Å²) in [6.07, 6.45) is 0.753. The van der Waals surface area contributed by atoms with Crippen LogP contribution in [-0.2, 0) is 16.6 Å². The summed E-state index contributed by atoms with van der Waals surface area (Å²) >= 11 is 5.99. The first-order valence-corrected chi connectivity index (χ1v) is 8.82. The monoisotopic (exact) mass is 333 g/mol. The molecule has 21 heavy (non-hydrogen) atoms. The predicted octanol–water partition coefficient (Wildman–Crippen LogP) is 1.81. The van der Waals surface area contributed by atoms with E-state index in [2.05, 4.69) is 23.5 Å². The van der Waals surface area contributed by atoms with Gasteiger partial charge in [0.05, 0.1) is 4.90 Å². The molecule has 0 heterocycles. The summed E-state index contributed by atoms with van der Waals surface area (Å²) in [4.78, 5) is 2.34. The smallest absolute Gasteiger partial charge is 0.240 e. The average Bonchev–Trinajstić information content (AvgIpc) is 2.43. The van der Waals surface area contributed by atoms with E-state index in [0.717, 1.165) is 18.5 Å². The fourth-order valence-electron chi connectivity index (χ4n) is 1.74. The summed E-state index contributed by atoms with van der Waals surface area (Å²) in [7, 11) is -1.50. The van der Waals surface area contributed by atoms with Crippen LogP contribution in [0.4, 0.5) is 0 Å². The molecule has 3 N–H and O–H groups in total. The second-order valence-electron chi connectivity index (χ2n) is 5.28. The third-order valence-corrected chi connectivity index (χ3v) is 5.23. The van der Waals surface area contributed by atoms with Crippen LogP contribution in [0.15, 0.2) is 23.1 Å². The van der Waals surface area contributed by atoms with Crippen LogP contribution in [0, 0.1) is 0 Å². The first-order valence-electron chi connectivity index (χ1n) is 6.96. The van der Waals surface area contributed by atoms with Crippen LogP contribution < -0.4 is 10.5 Å². The Bertz CT molecular complexity index is 561. The second-order valence-corrected chi connectivity index (χ2v) is 7.46. The van der Waals surface area contributed by atoms with Crippen molar-refractivity contribution < 1.29 is 8.42 Å². The molecule has 0 aliphatic carbocycles. The van der Waals surface area contributed by atoms with Crippen molar-refractivity contribution in [3.8, 4) is 0 Å². The van der Waals surface area contributed by atoms with Gasteiger partial charge in [0, 0.05) is 24.2 Å². The third-order valence-electron chi connectivity index (χ3n) is 3.42. The lowest BCUT2D eigenvalue weighted by molar-refractivity contribution is 0.271. The topological polar surface area (TPSA) is 75.4 Å². The zero-order valence-electron chi connectivity index (χ0n) is 12.8. The van der Waals surface area contributed by atoms with E-state index in [0.29, 0.717) is 17.6 Å². The fraction of sp³-hybridized carbons (Fsp3) is 0.571. The molecule has 1 aromatic carbocycles. The van der Waals surface area contributed by atoms with Crippen molar-refractivity contribution in [1.29, 1.82) is 0 Å². The molecule has 7 heteroatoms. The Morgan fingerprint density at radius 2 is 2.05 bits per heavy atom. The van der Waals surface area contributed by atoms with Crippen molar-refractivity contribution in [2.24, 2.45) is 5.73 Å². The van der Waals surface area contributed by atoms with Crippen LogP contribution in [0.3, 0.4) is 0 Å². The molecule has 5 nitrogen and oxygen atoms in total. The van der Waals surface area contributed by atoms with Crippen LogP contribution in [0.5, 0.6) is 0 Å². The number of hydrogen-bond donors (Lipinski definition) is 2. The first kappa shape index (κ1) is 18.4. The normalized spacial score (nSPS) is 12.3. The van der Waals surface area contributed by atoms with Gasteiger partial charge in [0.15, 0.2) is 0 Å². The SMILES string of the molecule is CC(C)N(C)CCCNS(=O)(=O)c1ccc(CN)c(Cl)c1. The number of hydrogen-bond acceptors (Lipinski definition) is 4. The Labute approximate surface area is 132 Å². The van der Waals surface area contributed by atoms with E-state index in [1.54, 1.807) is 6.07 Å². The number of nitrogens with one attached hydrogen (secondary N) is 1. The first-order chi connectivity index (χ1) is 9.77. The minimum absolute atomic E-state index is 0.168. The largest absolute Gasteiger partial charge is 0.326 e. The molecule has 0 saturated carbocycles. The molecule has 0 aromatic heterocycles. The van der Waals surface area contributed by atoms with Gasteiger partial charge in [-0.25, -0.2) is 13.1 Å². The van der Waals surface area contributed by atoms with E-state index >= 15 is 0 Å².